The van der Waals surface area contributed by atoms with Crippen molar-refractivity contribution in [1.29, 1.82) is 0 Å². The van der Waals surface area contributed by atoms with Gasteiger partial charge in [-0.2, -0.15) is 0 Å². The van der Waals surface area contributed by atoms with Gasteiger partial charge in [0.1, 0.15) is 0 Å². The van der Waals surface area contributed by atoms with Crippen LogP contribution in [-0.2, 0) is 12.0 Å². The maximum Gasteiger partial charge on any atom is 0.358 e. The SMILES string of the molecule is CCCCn1nnc(C(=O)O)c1C(C)(C)C. The quantitative estimate of drug-likeness (QED) is 0.851. The number of unbranched alkanes of at least 4 members (excludes halogenated alkanes) is 1. The summed E-state index contributed by atoms with van der Waals surface area (Å²) < 4.78 is 1.72. The van der Waals surface area contributed by atoms with Crippen molar-refractivity contribution in [3.63, 3.8) is 0 Å². The Morgan fingerprint density at radius 2 is 2.06 bits per heavy atom. The van der Waals surface area contributed by atoms with E-state index < -0.39 is 5.97 Å². The van der Waals surface area contributed by atoms with Gasteiger partial charge in [0.25, 0.3) is 0 Å². The van der Waals surface area contributed by atoms with Gasteiger partial charge in [0, 0.05) is 12.0 Å². The third-order valence-corrected chi connectivity index (χ3v) is 2.37. The van der Waals surface area contributed by atoms with Gasteiger partial charge >= 0.3 is 5.97 Å². The third-order valence-electron chi connectivity index (χ3n) is 2.37. The second-order valence-electron chi connectivity index (χ2n) is 4.92. The molecule has 0 aliphatic heterocycles. The number of nitrogens with zero attached hydrogens (tertiary/aromatic N) is 3. The monoisotopic (exact) mass is 225 g/mol. The Labute approximate surface area is 95.5 Å². The summed E-state index contributed by atoms with van der Waals surface area (Å²) in [6.07, 6.45) is 2.03. The van der Waals surface area contributed by atoms with Gasteiger partial charge in [-0.15, -0.1) is 5.10 Å². The number of hydrogen-bond donors (Lipinski definition) is 1. The standard InChI is InChI=1S/C11H19N3O2/c1-5-6-7-14-9(11(2,3)4)8(10(15)16)12-13-14/h5-7H2,1-4H3,(H,15,16). The maximum absolute atomic E-state index is 11.0. The number of rotatable bonds is 4. The van der Waals surface area contributed by atoms with Gasteiger partial charge in [0.15, 0.2) is 5.69 Å². The summed E-state index contributed by atoms with van der Waals surface area (Å²) >= 11 is 0. The van der Waals surface area contributed by atoms with Gasteiger partial charge in [-0.05, 0) is 6.42 Å². The minimum atomic E-state index is -1.01. The highest BCUT2D eigenvalue weighted by molar-refractivity contribution is 5.86. The van der Waals surface area contributed by atoms with Crippen LogP contribution in [0.25, 0.3) is 0 Å². The zero-order valence-corrected chi connectivity index (χ0v) is 10.3. The molecule has 5 heteroatoms. The average Bonchev–Trinajstić information content (AvgIpc) is 2.57. The molecule has 0 atom stereocenters. The molecule has 0 amide bonds. The molecule has 16 heavy (non-hydrogen) atoms. The normalized spacial score (nSPS) is 11.8. The van der Waals surface area contributed by atoms with E-state index >= 15 is 0 Å². The molecular weight excluding hydrogens is 206 g/mol. The lowest BCUT2D eigenvalue weighted by Crippen LogP contribution is -2.22. The molecular formula is C11H19N3O2. The van der Waals surface area contributed by atoms with Crippen molar-refractivity contribution in [1.82, 2.24) is 15.0 Å². The average molecular weight is 225 g/mol. The van der Waals surface area contributed by atoms with Gasteiger partial charge in [0.2, 0.25) is 0 Å². The van der Waals surface area contributed by atoms with Crippen LogP contribution >= 0.6 is 0 Å². The van der Waals surface area contributed by atoms with E-state index in [1.54, 1.807) is 4.68 Å². The molecule has 0 saturated heterocycles. The number of carboxylic acids is 1. The molecule has 0 unspecified atom stereocenters. The molecule has 1 aromatic heterocycles. The minimum Gasteiger partial charge on any atom is -0.476 e. The van der Waals surface area contributed by atoms with Crippen molar-refractivity contribution in [2.75, 3.05) is 0 Å². The number of aromatic carboxylic acids is 1. The highest BCUT2D eigenvalue weighted by atomic mass is 16.4. The van der Waals surface area contributed by atoms with Gasteiger partial charge in [-0.25, -0.2) is 9.48 Å². The van der Waals surface area contributed by atoms with Crippen LogP contribution in [-0.4, -0.2) is 26.1 Å². The molecule has 1 N–H and O–H groups in total. The lowest BCUT2D eigenvalue weighted by molar-refractivity contribution is 0.0687. The topological polar surface area (TPSA) is 68.0 Å². The van der Waals surface area contributed by atoms with Crippen LogP contribution < -0.4 is 0 Å². The number of carboxylic acid groups (broad SMARTS) is 1. The lowest BCUT2D eigenvalue weighted by Gasteiger charge is -2.20. The van der Waals surface area contributed by atoms with Crippen molar-refractivity contribution >= 4 is 5.97 Å². The van der Waals surface area contributed by atoms with Crippen LogP contribution in [0.4, 0.5) is 0 Å². The summed E-state index contributed by atoms with van der Waals surface area (Å²) in [5, 5.41) is 16.7. The Morgan fingerprint density at radius 1 is 1.44 bits per heavy atom. The predicted octanol–water partition coefficient (Wildman–Crippen LogP) is 2.07. The zero-order valence-electron chi connectivity index (χ0n) is 10.3. The second-order valence-corrected chi connectivity index (χ2v) is 4.92. The molecule has 0 fully saturated rings. The van der Waals surface area contributed by atoms with Crippen molar-refractivity contribution in [2.45, 2.75) is 52.5 Å². The molecule has 1 rings (SSSR count). The van der Waals surface area contributed by atoms with E-state index in [1.165, 1.54) is 0 Å². The number of carbonyl (C=O) groups is 1. The Balaban J connectivity index is 3.15. The van der Waals surface area contributed by atoms with Gasteiger partial charge in [-0.3, -0.25) is 0 Å². The molecule has 90 valence electrons. The number of aromatic nitrogens is 3. The first-order valence-corrected chi connectivity index (χ1v) is 5.55. The summed E-state index contributed by atoms with van der Waals surface area (Å²) in [5.74, 6) is -1.01. The first kappa shape index (κ1) is 12.7. The first-order valence-electron chi connectivity index (χ1n) is 5.55. The van der Waals surface area contributed by atoms with Crippen LogP contribution in [0.3, 0.4) is 0 Å². The summed E-state index contributed by atoms with van der Waals surface area (Å²) in [4.78, 5) is 11.0. The Kier molecular flexibility index (Phi) is 3.67. The number of aryl methyl sites for hydroxylation is 1. The van der Waals surface area contributed by atoms with E-state index in [0.29, 0.717) is 5.69 Å². The van der Waals surface area contributed by atoms with Crippen molar-refractivity contribution in [2.24, 2.45) is 0 Å². The lowest BCUT2D eigenvalue weighted by atomic mass is 9.90. The smallest absolute Gasteiger partial charge is 0.358 e. The fraction of sp³-hybridized carbons (Fsp3) is 0.727. The largest absolute Gasteiger partial charge is 0.476 e. The molecule has 0 aliphatic rings. The first-order chi connectivity index (χ1) is 7.38. The van der Waals surface area contributed by atoms with Crippen LogP contribution in [0.2, 0.25) is 0 Å². The fourth-order valence-corrected chi connectivity index (χ4v) is 1.66. The van der Waals surface area contributed by atoms with E-state index in [9.17, 15) is 4.79 Å². The Morgan fingerprint density at radius 3 is 2.50 bits per heavy atom. The Hall–Kier alpha value is -1.39. The summed E-state index contributed by atoms with van der Waals surface area (Å²) in [6.45, 7) is 8.73. The molecule has 0 saturated carbocycles. The van der Waals surface area contributed by atoms with Gasteiger partial charge in [0.05, 0.1) is 5.69 Å². The molecule has 0 bridgehead atoms. The molecule has 0 aliphatic carbocycles. The molecule has 1 heterocycles. The highest BCUT2D eigenvalue weighted by Gasteiger charge is 2.28. The fourth-order valence-electron chi connectivity index (χ4n) is 1.66. The number of hydrogen-bond acceptors (Lipinski definition) is 3. The van der Waals surface area contributed by atoms with Gasteiger partial charge in [-0.1, -0.05) is 39.3 Å². The van der Waals surface area contributed by atoms with E-state index in [0.717, 1.165) is 19.4 Å². The van der Waals surface area contributed by atoms with E-state index in [1.807, 2.05) is 20.8 Å². The highest BCUT2D eigenvalue weighted by Crippen LogP contribution is 2.24. The zero-order chi connectivity index (χ0) is 12.3. The van der Waals surface area contributed by atoms with Crippen LogP contribution in [0, 0.1) is 0 Å². The van der Waals surface area contributed by atoms with E-state index in [-0.39, 0.29) is 11.1 Å². The summed E-state index contributed by atoms with van der Waals surface area (Å²) in [6, 6.07) is 0. The molecule has 0 spiro atoms. The van der Waals surface area contributed by atoms with Crippen LogP contribution in [0.15, 0.2) is 0 Å². The Bertz CT molecular complexity index is 377. The van der Waals surface area contributed by atoms with Crippen molar-refractivity contribution < 1.29 is 9.90 Å². The van der Waals surface area contributed by atoms with Crippen molar-refractivity contribution in [3.05, 3.63) is 11.4 Å². The second kappa shape index (κ2) is 4.63. The van der Waals surface area contributed by atoms with Gasteiger partial charge < -0.3 is 5.11 Å². The van der Waals surface area contributed by atoms with E-state index in [4.69, 9.17) is 5.11 Å². The molecule has 0 aromatic carbocycles. The van der Waals surface area contributed by atoms with Crippen LogP contribution in [0.5, 0.6) is 0 Å². The summed E-state index contributed by atoms with van der Waals surface area (Å²) in [5.41, 5.74) is 0.516. The van der Waals surface area contributed by atoms with E-state index in [2.05, 4.69) is 17.2 Å². The molecule has 5 nitrogen and oxygen atoms in total. The predicted molar refractivity (Wildman–Crippen MR) is 60.6 cm³/mol. The minimum absolute atomic E-state index is 0.0728. The summed E-state index contributed by atoms with van der Waals surface area (Å²) in [7, 11) is 0. The third kappa shape index (κ3) is 2.59. The van der Waals surface area contributed by atoms with Crippen LogP contribution in [0.1, 0.15) is 56.7 Å². The van der Waals surface area contributed by atoms with Crippen molar-refractivity contribution in [3.8, 4) is 0 Å². The maximum atomic E-state index is 11.0. The molecule has 1 aromatic rings. The molecule has 0 radical (unpaired) electrons.